The summed E-state index contributed by atoms with van der Waals surface area (Å²) in [5.74, 6) is 6.59. The molecule has 9 rings (SSSR count). The van der Waals surface area contributed by atoms with Crippen LogP contribution in [0.15, 0.2) is 102 Å². The van der Waals surface area contributed by atoms with Crippen LogP contribution in [0.1, 0.15) is 75.5 Å². The summed E-state index contributed by atoms with van der Waals surface area (Å²) in [7, 11) is 0. The van der Waals surface area contributed by atoms with E-state index >= 15 is 0 Å². The quantitative estimate of drug-likeness (QED) is 0.112. The number of hydrogen-bond donors (Lipinski definition) is 0. The van der Waals surface area contributed by atoms with Crippen molar-refractivity contribution in [3.8, 4) is 33.6 Å². The van der Waals surface area contributed by atoms with Crippen LogP contribution in [0, 0.1) is 55.3 Å². The molecule has 2 saturated carbocycles. The molecule has 0 aliphatic heterocycles. The molecule has 295 valence electrons. The van der Waals surface area contributed by atoms with E-state index in [0.717, 1.165) is 46.2 Å². The van der Waals surface area contributed by atoms with Gasteiger partial charge in [-0.1, -0.05) is 78.3 Å². The fourth-order valence-corrected chi connectivity index (χ4v) is 11.3. The first kappa shape index (κ1) is 30.2. The maximum absolute atomic E-state index is 14.6. The number of fused-ring (bicyclic) bond motifs is 5. The first-order chi connectivity index (χ1) is 30.9. The Hall–Kier alpha value is -3.90. The Morgan fingerprint density at radius 1 is 0.895 bits per heavy atom. The number of pyridine rings is 2. The van der Waals surface area contributed by atoms with Crippen molar-refractivity contribution in [1.82, 2.24) is 9.97 Å². The van der Waals surface area contributed by atoms with Crippen LogP contribution in [0.3, 0.4) is 0 Å². The van der Waals surface area contributed by atoms with Gasteiger partial charge in [0, 0.05) is 38.5 Å². The number of rotatable bonds is 8. The second-order valence-corrected chi connectivity index (χ2v) is 27.2. The molecule has 2 bridgehead atoms. The molecule has 3 heterocycles. The summed E-state index contributed by atoms with van der Waals surface area (Å²) >= 11 is -2.43. The minimum absolute atomic E-state index is 0. The van der Waals surface area contributed by atoms with E-state index < -0.39 is 45.5 Å². The van der Waals surface area contributed by atoms with Gasteiger partial charge in [0.1, 0.15) is 5.58 Å². The third kappa shape index (κ3) is 8.92. The second kappa shape index (κ2) is 17.1. The topological polar surface area (TPSA) is 38.9 Å². The fourth-order valence-electron chi connectivity index (χ4n) is 8.40. The van der Waals surface area contributed by atoms with E-state index in [0.29, 0.717) is 50.8 Å². The Balaban J connectivity index is 0.000000211. The van der Waals surface area contributed by atoms with Crippen LogP contribution in [0.2, 0.25) is 17.3 Å². The predicted molar refractivity (Wildman–Crippen MR) is 233 cm³/mol. The van der Waals surface area contributed by atoms with Crippen LogP contribution in [0.4, 0.5) is 4.39 Å². The third-order valence-corrected chi connectivity index (χ3v) is 15.3. The van der Waals surface area contributed by atoms with Crippen LogP contribution >= 0.6 is 0 Å². The van der Waals surface area contributed by atoms with Gasteiger partial charge in [-0.2, -0.15) is 0 Å². The van der Waals surface area contributed by atoms with E-state index in [1.165, 1.54) is 18.6 Å². The first-order valence-electron chi connectivity index (χ1n) is 24.5. The van der Waals surface area contributed by atoms with E-state index in [9.17, 15) is 4.39 Å². The summed E-state index contributed by atoms with van der Waals surface area (Å²) in [6.07, 6.45) is 4.66. The minimum atomic E-state index is -2.43. The number of nitrogens with zero attached hydrogens (tertiary/aromatic N) is 2. The molecule has 3 unspecified atom stereocenters. The Labute approximate surface area is 368 Å². The molecule has 3 aromatic heterocycles. The van der Waals surface area contributed by atoms with Crippen molar-refractivity contribution in [2.75, 3.05) is 0 Å². The van der Waals surface area contributed by atoms with E-state index in [-0.39, 0.29) is 54.3 Å². The van der Waals surface area contributed by atoms with Crippen LogP contribution in [0.5, 0.6) is 0 Å². The molecule has 0 spiro atoms. The van der Waals surface area contributed by atoms with Crippen molar-refractivity contribution < 1.29 is 42.6 Å². The Morgan fingerprint density at radius 3 is 2.40 bits per heavy atom. The zero-order valence-electron chi connectivity index (χ0n) is 42.9. The van der Waals surface area contributed by atoms with Crippen LogP contribution in [-0.4, -0.2) is 23.2 Å². The molecule has 3 nitrogen and oxygen atoms in total. The number of furan rings is 1. The standard InChI is InChI=1S/C32H28NO.C19H25FGeN.Ir/c1-20-7-11-27(29-18-22(13-14-33-29)17-26-16-21-8-9-24(26)15-21)32-31(20)28-12-10-25(19-30(28)34-32)23-5-3-2-4-6-23;1-13(2)9-15-11-19(22-12-18(15)21(4,5)6)16-8-7-14(3)10-17(16)20;/h2-7,10,12-14,18-19,21,24,26H,8-9,15-17H2,1H3;7,10-13H,9H2,1-6H3;/q2*-1;/i1D3,17D2;3D3,9D2;. The van der Waals surface area contributed by atoms with Crippen molar-refractivity contribution in [3.05, 3.63) is 138 Å². The average Bonchev–Trinajstić information content (AvgIpc) is 4.01. The van der Waals surface area contributed by atoms with Crippen molar-refractivity contribution in [2.45, 2.75) is 83.2 Å². The molecule has 0 saturated heterocycles. The van der Waals surface area contributed by atoms with Crippen LogP contribution < -0.4 is 4.40 Å². The zero-order valence-corrected chi connectivity index (χ0v) is 37.4. The number of halogens is 1. The Morgan fingerprint density at radius 2 is 1.70 bits per heavy atom. The molecular formula is C51H53FGeIrN2O-2. The summed E-state index contributed by atoms with van der Waals surface area (Å²) in [5, 5.41) is 1.25. The molecule has 0 N–H and O–H groups in total. The summed E-state index contributed by atoms with van der Waals surface area (Å²) in [6.45, 7) is -1.13. The molecule has 2 fully saturated rings. The Kier molecular flexibility index (Phi) is 9.08. The van der Waals surface area contributed by atoms with E-state index in [4.69, 9.17) is 18.1 Å². The molecule has 1 radical (unpaired) electrons. The second-order valence-electron chi connectivity index (χ2n) is 16.6. The normalized spacial score (nSPS) is 21.1. The van der Waals surface area contributed by atoms with Gasteiger partial charge in [0.2, 0.25) is 0 Å². The molecule has 4 aromatic carbocycles. The summed E-state index contributed by atoms with van der Waals surface area (Å²) in [5.41, 5.74) is 5.61. The van der Waals surface area contributed by atoms with Gasteiger partial charge in [0.05, 0.1) is 5.58 Å². The first-order valence-corrected chi connectivity index (χ1v) is 26.9. The molecule has 6 heteroatoms. The predicted octanol–water partition coefficient (Wildman–Crippen LogP) is 13.1. The van der Waals surface area contributed by atoms with Gasteiger partial charge < -0.3 is 9.40 Å². The largest absolute Gasteiger partial charge is 0.501 e. The van der Waals surface area contributed by atoms with Crippen molar-refractivity contribution in [1.29, 1.82) is 0 Å². The smallest absolute Gasteiger partial charge is 0.121 e. The molecular weight excluding hydrogens is 940 g/mol. The van der Waals surface area contributed by atoms with Crippen LogP contribution in [-0.2, 0) is 32.9 Å². The van der Waals surface area contributed by atoms with Gasteiger partial charge >= 0.3 is 143 Å². The van der Waals surface area contributed by atoms with Crippen molar-refractivity contribution >= 4 is 39.6 Å². The summed E-state index contributed by atoms with van der Waals surface area (Å²) < 4.78 is 104. The number of aromatic nitrogens is 2. The van der Waals surface area contributed by atoms with Gasteiger partial charge in [0.25, 0.3) is 0 Å². The zero-order chi connectivity index (χ0) is 47.7. The molecule has 3 atom stereocenters. The minimum Gasteiger partial charge on any atom is -0.501 e. The fraction of sp³-hybridized carbons (Fsp3) is 0.333. The van der Waals surface area contributed by atoms with Crippen molar-refractivity contribution in [2.24, 2.45) is 23.7 Å². The number of benzene rings is 4. The number of aryl methyl sites for hydroxylation is 2. The summed E-state index contributed by atoms with van der Waals surface area (Å²) in [6, 6.07) is 30.6. The van der Waals surface area contributed by atoms with Crippen LogP contribution in [0.25, 0.3) is 55.6 Å². The van der Waals surface area contributed by atoms with Gasteiger partial charge in [-0.15, -0.1) is 17.7 Å². The molecule has 2 aliphatic rings. The summed E-state index contributed by atoms with van der Waals surface area (Å²) in [4.78, 5) is 8.95. The van der Waals surface area contributed by atoms with E-state index in [1.807, 2.05) is 62.4 Å². The molecule has 7 aromatic rings. The maximum Gasteiger partial charge on any atom is 0.121 e. The van der Waals surface area contributed by atoms with Gasteiger partial charge in [-0.05, 0) is 72.3 Å². The van der Waals surface area contributed by atoms with E-state index in [2.05, 4.69) is 39.4 Å². The SMILES string of the molecule is [2H]C([2H])([2H])c1c[c-]c(-c2cc(C([2H])([2H])C(C)C)[c]([Ge]([CH3])([CH3])[CH3])cn2)c(F)c1.[2H]C([2H])([2H])c1c[c-]c(-c2cc(C([2H])([2H])C3CC4CCC3C4)ccn2)c2oc3cc(-c4ccccc4)ccc3c12.[Ir]. The van der Waals surface area contributed by atoms with Crippen molar-refractivity contribution in [3.63, 3.8) is 0 Å². The molecule has 0 amide bonds. The Bertz CT molecular complexity index is 2930. The molecule has 57 heavy (non-hydrogen) atoms. The number of hydrogen-bond acceptors (Lipinski definition) is 3. The van der Waals surface area contributed by atoms with Gasteiger partial charge in [-0.25, -0.2) is 0 Å². The van der Waals surface area contributed by atoms with E-state index in [1.54, 1.807) is 30.6 Å². The average molecular weight is 1000 g/mol. The molecule has 2 aliphatic carbocycles. The maximum atomic E-state index is 14.6. The van der Waals surface area contributed by atoms with Gasteiger partial charge in [0.15, 0.2) is 0 Å². The monoisotopic (exact) mass is 1010 g/mol. The van der Waals surface area contributed by atoms with Gasteiger partial charge in [-0.3, -0.25) is 0 Å². The third-order valence-electron chi connectivity index (χ3n) is 11.1.